The van der Waals surface area contributed by atoms with E-state index >= 15 is 0 Å². The van der Waals surface area contributed by atoms with E-state index in [1.165, 1.54) is 5.56 Å². The molecule has 0 unspecified atom stereocenters. The Morgan fingerprint density at radius 1 is 0.722 bits per heavy atom. The summed E-state index contributed by atoms with van der Waals surface area (Å²) in [4.78, 5) is 0. The third-order valence-corrected chi connectivity index (χ3v) is 2.36. The van der Waals surface area contributed by atoms with Gasteiger partial charge in [0.1, 0.15) is 0 Å². The Kier molecular flexibility index (Phi) is 7.71. The van der Waals surface area contributed by atoms with Crippen LogP contribution in [0.5, 0.6) is 0 Å². The molecule has 0 saturated carbocycles. The largest absolute Gasteiger partial charge is 0.870 e. The van der Waals surface area contributed by atoms with Crippen LogP contribution in [0.15, 0.2) is 54.6 Å². The Morgan fingerprint density at radius 3 is 1.78 bits per heavy atom. The van der Waals surface area contributed by atoms with Crippen LogP contribution in [0.25, 0.3) is 0 Å². The van der Waals surface area contributed by atoms with Gasteiger partial charge in [-0.3, -0.25) is 0 Å². The third-order valence-electron chi connectivity index (χ3n) is 2.36. The van der Waals surface area contributed by atoms with Gasteiger partial charge in [0.05, 0.1) is 0 Å². The molecule has 0 aliphatic heterocycles. The quantitative estimate of drug-likeness (QED) is 0.768. The van der Waals surface area contributed by atoms with Crippen molar-refractivity contribution in [2.24, 2.45) is 0 Å². The minimum Gasteiger partial charge on any atom is -0.870 e. The van der Waals surface area contributed by atoms with Crippen LogP contribution in [0.3, 0.4) is 0 Å². The van der Waals surface area contributed by atoms with Crippen molar-refractivity contribution < 1.29 is 15.7 Å². The maximum absolute atomic E-state index is 5.61. The average Bonchev–Trinajstić information content (AvgIpc) is 2.33. The van der Waals surface area contributed by atoms with E-state index in [1.54, 1.807) is 0 Å². The SMILES string of the molecule is [B+2]c1ccc(COCc2ccccc2)cc1.[OH-].[OH-]. The van der Waals surface area contributed by atoms with Crippen LogP contribution in [0, 0.1) is 0 Å². The molecular formula is C14H15BO3. The predicted molar refractivity (Wildman–Crippen MR) is 70.6 cm³/mol. The molecule has 2 aromatic carbocycles. The van der Waals surface area contributed by atoms with Crippen LogP contribution in [-0.4, -0.2) is 18.8 Å². The van der Waals surface area contributed by atoms with E-state index in [0.717, 1.165) is 11.0 Å². The summed E-state index contributed by atoms with van der Waals surface area (Å²) >= 11 is 0. The Balaban J connectivity index is 0.00000144. The molecule has 0 heterocycles. The zero-order valence-corrected chi connectivity index (χ0v) is 9.99. The van der Waals surface area contributed by atoms with E-state index in [9.17, 15) is 0 Å². The second-order valence-corrected chi connectivity index (χ2v) is 3.72. The molecule has 0 aromatic heterocycles. The summed E-state index contributed by atoms with van der Waals surface area (Å²) in [5.41, 5.74) is 3.12. The first-order valence-corrected chi connectivity index (χ1v) is 5.31. The van der Waals surface area contributed by atoms with Gasteiger partial charge in [-0.25, -0.2) is 0 Å². The molecule has 0 saturated heterocycles. The molecular weight excluding hydrogens is 227 g/mol. The summed E-state index contributed by atoms with van der Waals surface area (Å²) in [7, 11) is 5.61. The van der Waals surface area contributed by atoms with Gasteiger partial charge in [0.2, 0.25) is 0 Å². The number of ether oxygens (including phenoxy) is 1. The second kappa shape index (κ2) is 8.47. The second-order valence-electron chi connectivity index (χ2n) is 3.72. The molecule has 0 fully saturated rings. The van der Waals surface area contributed by atoms with Gasteiger partial charge in [0, 0.05) is 0 Å². The molecule has 3 nitrogen and oxygen atoms in total. The van der Waals surface area contributed by atoms with Gasteiger partial charge in [-0.1, -0.05) is 0 Å². The molecule has 2 N–H and O–H groups in total. The normalized spacial score (nSPS) is 9.22. The molecule has 4 heteroatoms. The first kappa shape index (κ1) is 16.4. The summed E-state index contributed by atoms with van der Waals surface area (Å²) in [5.74, 6) is 0. The molecule has 0 amide bonds. The van der Waals surface area contributed by atoms with Crippen LogP contribution < -0.4 is 5.46 Å². The Bertz CT molecular complexity index is 429. The van der Waals surface area contributed by atoms with E-state index in [2.05, 4.69) is 12.1 Å². The van der Waals surface area contributed by atoms with E-state index < -0.39 is 0 Å². The third kappa shape index (κ3) is 5.14. The minimum absolute atomic E-state index is 0. The number of rotatable bonds is 4. The Morgan fingerprint density at radius 2 is 1.22 bits per heavy atom. The van der Waals surface area contributed by atoms with Crippen LogP contribution >= 0.6 is 0 Å². The van der Waals surface area contributed by atoms with Crippen molar-refractivity contribution in [3.8, 4) is 0 Å². The summed E-state index contributed by atoms with van der Waals surface area (Å²) in [6, 6.07) is 17.9. The molecule has 18 heavy (non-hydrogen) atoms. The van der Waals surface area contributed by atoms with Gasteiger partial charge < -0.3 is 11.0 Å². The van der Waals surface area contributed by atoms with Crippen LogP contribution in [0.1, 0.15) is 11.1 Å². The molecule has 92 valence electrons. The van der Waals surface area contributed by atoms with Crippen LogP contribution in [-0.2, 0) is 18.0 Å². The smallest absolute Gasteiger partial charge is 0.870 e. The summed E-state index contributed by atoms with van der Waals surface area (Å²) in [6.45, 7) is 1.26. The van der Waals surface area contributed by atoms with E-state index in [1.807, 2.05) is 42.5 Å². The molecule has 0 aliphatic carbocycles. The van der Waals surface area contributed by atoms with Gasteiger partial charge in [-0.05, 0) is 0 Å². The minimum atomic E-state index is 0. The van der Waals surface area contributed by atoms with Crippen molar-refractivity contribution in [1.82, 2.24) is 0 Å². The average molecular weight is 242 g/mol. The predicted octanol–water partition coefficient (Wildman–Crippen LogP) is 1.84. The van der Waals surface area contributed by atoms with Gasteiger partial charge in [-0.2, -0.15) is 0 Å². The standard InChI is InChI=1S/C14H13BO.2H2O/c15-14-8-6-13(7-9-14)11-16-10-12-4-2-1-3-5-12;;/h1-9H,10-11H2;2*1H2/q+2;;/p-2. The summed E-state index contributed by atoms with van der Waals surface area (Å²) < 4.78 is 5.60. The summed E-state index contributed by atoms with van der Waals surface area (Å²) in [5, 5.41) is 0. The van der Waals surface area contributed by atoms with E-state index in [4.69, 9.17) is 12.6 Å². The zero-order valence-electron chi connectivity index (χ0n) is 9.99. The van der Waals surface area contributed by atoms with Crippen molar-refractivity contribution in [2.45, 2.75) is 13.2 Å². The number of hydrogen-bond acceptors (Lipinski definition) is 3. The van der Waals surface area contributed by atoms with Crippen molar-refractivity contribution in [2.75, 3.05) is 0 Å². The molecule has 2 rings (SSSR count). The molecule has 0 aliphatic rings. The van der Waals surface area contributed by atoms with Crippen LogP contribution in [0.4, 0.5) is 0 Å². The van der Waals surface area contributed by atoms with Crippen LogP contribution in [0.2, 0.25) is 0 Å². The molecule has 0 atom stereocenters. The molecule has 0 spiro atoms. The van der Waals surface area contributed by atoms with E-state index in [0.29, 0.717) is 13.2 Å². The van der Waals surface area contributed by atoms with Gasteiger partial charge in [-0.15, -0.1) is 0 Å². The number of hydrogen-bond donors (Lipinski definition) is 0. The van der Waals surface area contributed by atoms with Gasteiger partial charge in [0.25, 0.3) is 0 Å². The topological polar surface area (TPSA) is 69.2 Å². The molecule has 2 aromatic rings. The Labute approximate surface area is 108 Å². The van der Waals surface area contributed by atoms with Crippen molar-refractivity contribution in [3.05, 3.63) is 65.7 Å². The van der Waals surface area contributed by atoms with Gasteiger partial charge >= 0.3 is 97.0 Å². The maximum Gasteiger partial charge on any atom is -0.870 e. The van der Waals surface area contributed by atoms with E-state index in [-0.39, 0.29) is 11.0 Å². The van der Waals surface area contributed by atoms with Crippen molar-refractivity contribution in [1.29, 1.82) is 0 Å². The fourth-order valence-corrected chi connectivity index (χ4v) is 1.47. The fraction of sp³-hybridized carbons (Fsp3) is 0.143. The number of benzene rings is 2. The Hall–Kier alpha value is -1.62. The molecule has 0 radical (unpaired) electrons. The van der Waals surface area contributed by atoms with Crippen molar-refractivity contribution in [3.63, 3.8) is 0 Å². The summed E-state index contributed by atoms with van der Waals surface area (Å²) in [6.07, 6.45) is 0. The first-order chi connectivity index (χ1) is 7.84. The molecule has 0 bridgehead atoms. The first-order valence-electron chi connectivity index (χ1n) is 5.31. The van der Waals surface area contributed by atoms with Gasteiger partial charge in [0.15, 0.2) is 0 Å². The fourth-order valence-electron chi connectivity index (χ4n) is 1.47. The van der Waals surface area contributed by atoms with Crippen molar-refractivity contribution >= 4 is 13.3 Å². The zero-order chi connectivity index (χ0) is 11.2. The monoisotopic (exact) mass is 242 g/mol. The maximum atomic E-state index is 5.61.